The van der Waals surface area contributed by atoms with E-state index in [1.165, 1.54) is 6.42 Å². The third-order valence-electron chi connectivity index (χ3n) is 5.14. The molecule has 2 rings (SSSR count). The lowest BCUT2D eigenvalue weighted by Crippen LogP contribution is -2.42. The highest BCUT2D eigenvalue weighted by Crippen LogP contribution is 2.18. The fourth-order valence-electron chi connectivity index (χ4n) is 3.51. The van der Waals surface area contributed by atoms with E-state index in [2.05, 4.69) is 17.1 Å². The first kappa shape index (κ1) is 18.2. The van der Waals surface area contributed by atoms with Crippen LogP contribution in [0.4, 0.5) is 0 Å². The van der Waals surface area contributed by atoms with Crippen molar-refractivity contribution >= 4 is 11.8 Å². The molecule has 2 fully saturated rings. The number of carbonyl (C=O) groups is 2. The number of hydrogen-bond acceptors (Lipinski definition) is 3. The van der Waals surface area contributed by atoms with Gasteiger partial charge < -0.3 is 15.1 Å². The van der Waals surface area contributed by atoms with Gasteiger partial charge in [0.25, 0.3) is 0 Å². The largest absolute Gasteiger partial charge is 0.356 e. The van der Waals surface area contributed by atoms with E-state index in [0.717, 1.165) is 77.8 Å². The number of amides is 2. The molecule has 2 amide bonds. The highest BCUT2D eigenvalue weighted by molar-refractivity contribution is 5.78. The second-order valence-corrected chi connectivity index (χ2v) is 6.95. The zero-order valence-corrected chi connectivity index (χ0v) is 14.7. The summed E-state index contributed by atoms with van der Waals surface area (Å²) in [5.41, 5.74) is 0. The summed E-state index contributed by atoms with van der Waals surface area (Å²) in [5.74, 6) is 0.701. The van der Waals surface area contributed by atoms with Gasteiger partial charge in [0.05, 0.1) is 0 Å². The number of unbranched alkanes of at least 4 members (excludes halogenated alkanes) is 1. The first-order chi connectivity index (χ1) is 11.2. The van der Waals surface area contributed by atoms with Crippen LogP contribution < -0.4 is 5.32 Å². The van der Waals surface area contributed by atoms with Gasteiger partial charge >= 0.3 is 0 Å². The summed E-state index contributed by atoms with van der Waals surface area (Å²) in [6.45, 7) is 7.56. The van der Waals surface area contributed by atoms with Crippen LogP contribution in [-0.2, 0) is 9.59 Å². The van der Waals surface area contributed by atoms with Crippen LogP contribution in [0.15, 0.2) is 0 Å². The Labute approximate surface area is 140 Å². The lowest BCUT2D eigenvalue weighted by Gasteiger charge is -2.32. The lowest BCUT2D eigenvalue weighted by atomic mass is 9.95. The highest BCUT2D eigenvalue weighted by Gasteiger charge is 2.25. The average Bonchev–Trinajstić information content (AvgIpc) is 2.61. The van der Waals surface area contributed by atoms with Gasteiger partial charge in [0.15, 0.2) is 0 Å². The standard InChI is InChI=1S/C18H33N3O2/c1-2-3-10-19-18(23)16-7-13-20(14-8-16)15-9-17(22)21-11-5-4-6-12-21/h16H,2-15H2,1H3,(H,19,23). The van der Waals surface area contributed by atoms with Crippen LogP contribution in [0, 0.1) is 5.92 Å². The Balaban J connectivity index is 1.60. The molecule has 2 heterocycles. The summed E-state index contributed by atoms with van der Waals surface area (Å²) in [4.78, 5) is 28.6. The minimum atomic E-state index is 0.168. The molecule has 132 valence electrons. The summed E-state index contributed by atoms with van der Waals surface area (Å²) in [5, 5.41) is 3.04. The van der Waals surface area contributed by atoms with E-state index in [4.69, 9.17) is 0 Å². The van der Waals surface area contributed by atoms with E-state index in [1.807, 2.05) is 4.90 Å². The Morgan fingerprint density at radius 1 is 1.04 bits per heavy atom. The van der Waals surface area contributed by atoms with Crippen molar-refractivity contribution < 1.29 is 9.59 Å². The van der Waals surface area contributed by atoms with Crippen LogP contribution in [-0.4, -0.2) is 60.9 Å². The van der Waals surface area contributed by atoms with Gasteiger partial charge in [-0.25, -0.2) is 0 Å². The molecule has 2 aliphatic rings. The molecule has 5 nitrogen and oxygen atoms in total. The molecule has 0 aliphatic carbocycles. The molecule has 0 aromatic heterocycles. The van der Waals surface area contributed by atoms with Gasteiger partial charge in [-0.3, -0.25) is 9.59 Å². The fraction of sp³-hybridized carbons (Fsp3) is 0.889. The van der Waals surface area contributed by atoms with Crippen molar-refractivity contribution in [3.8, 4) is 0 Å². The van der Waals surface area contributed by atoms with E-state index < -0.39 is 0 Å². The Morgan fingerprint density at radius 2 is 1.74 bits per heavy atom. The first-order valence-corrected chi connectivity index (χ1v) is 9.48. The van der Waals surface area contributed by atoms with Gasteiger partial charge in [-0.05, 0) is 51.6 Å². The molecule has 0 spiro atoms. The number of carbonyl (C=O) groups excluding carboxylic acids is 2. The van der Waals surface area contributed by atoms with Crippen molar-refractivity contribution in [2.24, 2.45) is 5.92 Å². The molecule has 0 bridgehead atoms. The predicted octanol–water partition coefficient (Wildman–Crippen LogP) is 2.02. The van der Waals surface area contributed by atoms with Crippen LogP contribution in [0.2, 0.25) is 0 Å². The van der Waals surface area contributed by atoms with E-state index >= 15 is 0 Å². The Morgan fingerprint density at radius 3 is 2.39 bits per heavy atom. The molecule has 1 N–H and O–H groups in total. The van der Waals surface area contributed by atoms with Crippen LogP contribution in [0.5, 0.6) is 0 Å². The van der Waals surface area contributed by atoms with Gasteiger partial charge in [0, 0.05) is 38.5 Å². The molecule has 2 saturated heterocycles. The molecular formula is C18H33N3O2. The maximum Gasteiger partial charge on any atom is 0.223 e. The maximum atomic E-state index is 12.2. The number of nitrogens with zero attached hydrogens (tertiary/aromatic N) is 2. The number of likely N-dealkylation sites (tertiary alicyclic amines) is 2. The molecule has 0 saturated carbocycles. The number of rotatable bonds is 7. The summed E-state index contributed by atoms with van der Waals surface area (Å²) in [6, 6.07) is 0. The predicted molar refractivity (Wildman–Crippen MR) is 92.1 cm³/mol. The van der Waals surface area contributed by atoms with Crippen molar-refractivity contribution in [3.63, 3.8) is 0 Å². The third-order valence-corrected chi connectivity index (χ3v) is 5.14. The van der Waals surface area contributed by atoms with Crippen molar-refractivity contribution in [1.29, 1.82) is 0 Å². The summed E-state index contributed by atoms with van der Waals surface area (Å²) >= 11 is 0. The second kappa shape index (κ2) is 9.91. The van der Waals surface area contributed by atoms with Crippen molar-refractivity contribution in [1.82, 2.24) is 15.1 Å². The van der Waals surface area contributed by atoms with E-state index in [-0.39, 0.29) is 11.8 Å². The van der Waals surface area contributed by atoms with Gasteiger partial charge in [-0.2, -0.15) is 0 Å². The first-order valence-electron chi connectivity index (χ1n) is 9.48. The summed E-state index contributed by atoms with van der Waals surface area (Å²) < 4.78 is 0. The normalized spacial score (nSPS) is 20.5. The highest BCUT2D eigenvalue weighted by atomic mass is 16.2. The molecule has 0 atom stereocenters. The molecule has 0 unspecified atom stereocenters. The average molecular weight is 323 g/mol. The zero-order chi connectivity index (χ0) is 16.5. The Hall–Kier alpha value is -1.10. The Kier molecular flexibility index (Phi) is 7.86. The molecule has 23 heavy (non-hydrogen) atoms. The summed E-state index contributed by atoms with van der Waals surface area (Å²) in [6.07, 6.45) is 8.23. The maximum absolute atomic E-state index is 12.2. The lowest BCUT2D eigenvalue weighted by molar-refractivity contribution is -0.133. The van der Waals surface area contributed by atoms with Crippen molar-refractivity contribution in [2.75, 3.05) is 39.3 Å². The molecule has 0 aromatic rings. The number of nitrogens with one attached hydrogen (secondary N) is 1. The second-order valence-electron chi connectivity index (χ2n) is 6.95. The SMILES string of the molecule is CCCCNC(=O)C1CCN(CCC(=O)N2CCCCC2)CC1. The molecule has 0 radical (unpaired) electrons. The van der Waals surface area contributed by atoms with Gasteiger partial charge in [-0.1, -0.05) is 13.3 Å². The molecule has 5 heteroatoms. The molecule has 2 aliphatic heterocycles. The van der Waals surface area contributed by atoms with Crippen LogP contribution in [0.1, 0.15) is 58.3 Å². The molecular weight excluding hydrogens is 290 g/mol. The van der Waals surface area contributed by atoms with Gasteiger partial charge in [0.2, 0.25) is 11.8 Å². The van der Waals surface area contributed by atoms with E-state index in [1.54, 1.807) is 0 Å². The summed E-state index contributed by atoms with van der Waals surface area (Å²) in [7, 11) is 0. The fourth-order valence-corrected chi connectivity index (χ4v) is 3.51. The smallest absolute Gasteiger partial charge is 0.223 e. The van der Waals surface area contributed by atoms with Crippen LogP contribution >= 0.6 is 0 Å². The topological polar surface area (TPSA) is 52.7 Å². The number of piperidine rings is 2. The van der Waals surface area contributed by atoms with Crippen LogP contribution in [0.3, 0.4) is 0 Å². The number of hydrogen-bond donors (Lipinski definition) is 1. The minimum absolute atomic E-state index is 0.168. The Bertz CT molecular complexity index is 372. The zero-order valence-electron chi connectivity index (χ0n) is 14.7. The minimum Gasteiger partial charge on any atom is -0.356 e. The van der Waals surface area contributed by atoms with Gasteiger partial charge in [0.1, 0.15) is 0 Å². The van der Waals surface area contributed by atoms with Crippen LogP contribution in [0.25, 0.3) is 0 Å². The van der Waals surface area contributed by atoms with E-state index in [0.29, 0.717) is 12.3 Å². The molecule has 0 aromatic carbocycles. The third kappa shape index (κ3) is 6.13. The van der Waals surface area contributed by atoms with Gasteiger partial charge in [-0.15, -0.1) is 0 Å². The van der Waals surface area contributed by atoms with Crippen molar-refractivity contribution in [3.05, 3.63) is 0 Å². The monoisotopic (exact) mass is 323 g/mol. The quantitative estimate of drug-likeness (QED) is 0.729. The van der Waals surface area contributed by atoms with Crippen molar-refractivity contribution in [2.45, 2.75) is 58.3 Å². The van der Waals surface area contributed by atoms with E-state index in [9.17, 15) is 9.59 Å².